The Bertz CT molecular complexity index is 353. The fraction of sp³-hybridized carbons (Fsp3) is 0.500. The van der Waals surface area contributed by atoms with Crippen LogP contribution in [0.3, 0.4) is 0 Å². The smallest absolute Gasteiger partial charge is 0.135 e. The molecule has 90 valence electrons. The van der Waals surface area contributed by atoms with Gasteiger partial charge in [0, 0.05) is 17.1 Å². The van der Waals surface area contributed by atoms with Crippen molar-refractivity contribution in [3.63, 3.8) is 0 Å². The van der Waals surface area contributed by atoms with Crippen LogP contribution in [0.2, 0.25) is 0 Å². The van der Waals surface area contributed by atoms with Gasteiger partial charge < -0.3 is 10.1 Å². The summed E-state index contributed by atoms with van der Waals surface area (Å²) in [7, 11) is 1.67. The third-order valence-corrected chi connectivity index (χ3v) is 3.55. The molecule has 1 aromatic rings. The second-order valence-corrected chi connectivity index (χ2v) is 5.78. The molecule has 0 saturated heterocycles. The number of benzene rings is 1. The van der Waals surface area contributed by atoms with Crippen LogP contribution >= 0.6 is 31.9 Å². The summed E-state index contributed by atoms with van der Waals surface area (Å²) in [4.78, 5) is 0. The zero-order valence-corrected chi connectivity index (χ0v) is 13.0. The average Bonchev–Trinajstić information content (AvgIpc) is 2.20. The Hall–Kier alpha value is -0.220. The number of rotatable bonds is 5. The number of hydrogen-bond donors (Lipinski definition) is 1. The van der Waals surface area contributed by atoms with E-state index < -0.39 is 0 Å². The minimum absolute atomic E-state index is 0.712. The van der Waals surface area contributed by atoms with E-state index in [1.54, 1.807) is 7.11 Å². The Morgan fingerprint density at radius 1 is 1.25 bits per heavy atom. The minimum Gasteiger partial charge on any atom is -0.495 e. The number of ether oxygens (including phenoxy) is 1. The van der Waals surface area contributed by atoms with Crippen molar-refractivity contribution >= 4 is 37.5 Å². The summed E-state index contributed by atoms with van der Waals surface area (Å²) in [5, 5.41) is 3.40. The molecule has 0 aliphatic rings. The second kappa shape index (κ2) is 6.50. The lowest BCUT2D eigenvalue weighted by molar-refractivity contribution is 0.412. The predicted octanol–water partition coefficient (Wildman–Crippen LogP) is 4.68. The van der Waals surface area contributed by atoms with Crippen LogP contribution in [0.15, 0.2) is 21.1 Å². The van der Waals surface area contributed by atoms with Crippen molar-refractivity contribution in [3.05, 3.63) is 21.1 Å². The van der Waals surface area contributed by atoms with Crippen LogP contribution in [-0.2, 0) is 0 Å². The second-order valence-electron chi connectivity index (χ2n) is 4.08. The first-order valence-corrected chi connectivity index (χ1v) is 6.90. The molecule has 0 aliphatic carbocycles. The van der Waals surface area contributed by atoms with Crippen molar-refractivity contribution < 1.29 is 4.74 Å². The molecule has 16 heavy (non-hydrogen) atoms. The van der Waals surface area contributed by atoms with Gasteiger partial charge in [-0.2, -0.15) is 0 Å². The highest BCUT2D eigenvalue weighted by molar-refractivity contribution is 9.11. The largest absolute Gasteiger partial charge is 0.495 e. The van der Waals surface area contributed by atoms with Gasteiger partial charge in [0.25, 0.3) is 0 Å². The molecule has 1 N–H and O–H groups in total. The van der Waals surface area contributed by atoms with Gasteiger partial charge in [-0.05, 0) is 50.3 Å². The summed E-state index contributed by atoms with van der Waals surface area (Å²) >= 11 is 6.98. The van der Waals surface area contributed by atoms with Crippen LogP contribution in [0.1, 0.15) is 20.3 Å². The molecular weight excluding hydrogens is 334 g/mol. The van der Waals surface area contributed by atoms with Crippen molar-refractivity contribution in [2.24, 2.45) is 5.92 Å². The molecule has 4 heteroatoms. The number of hydrogen-bond acceptors (Lipinski definition) is 2. The van der Waals surface area contributed by atoms with Crippen molar-refractivity contribution in [1.82, 2.24) is 0 Å². The first-order valence-electron chi connectivity index (χ1n) is 5.31. The molecule has 0 heterocycles. The van der Waals surface area contributed by atoms with Gasteiger partial charge in [0.15, 0.2) is 0 Å². The third kappa shape index (κ3) is 3.98. The van der Waals surface area contributed by atoms with Gasteiger partial charge in [0.05, 0.1) is 17.3 Å². The number of nitrogens with one attached hydrogen (secondary N) is 1. The standard InChI is InChI=1S/C12H17Br2NO/c1-8(2)4-5-15-11-7-12(16-3)10(14)6-9(11)13/h6-8,15H,4-5H2,1-3H3. The summed E-state index contributed by atoms with van der Waals surface area (Å²) in [6.07, 6.45) is 1.16. The van der Waals surface area contributed by atoms with Crippen LogP contribution in [0.4, 0.5) is 5.69 Å². The lowest BCUT2D eigenvalue weighted by atomic mass is 10.1. The van der Waals surface area contributed by atoms with Crippen LogP contribution in [0.5, 0.6) is 5.75 Å². The molecule has 0 aliphatic heterocycles. The van der Waals surface area contributed by atoms with E-state index in [-0.39, 0.29) is 0 Å². The Kier molecular flexibility index (Phi) is 5.62. The molecule has 0 amide bonds. The minimum atomic E-state index is 0.712. The Morgan fingerprint density at radius 2 is 1.94 bits per heavy atom. The van der Waals surface area contributed by atoms with Crippen LogP contribution in [0, 0.1) is 5.92 Å². The van der Waals surface area contributed by atoms with Gasteiger partial charge in [0.1, 0.15) is 5.75 Å². The maximum atomic E-state index is 5.26. The molecule has 0 atom stereocenters. The zero-order valence-electron chi connectivity index (χ0n) is 9.81. The lowest BCUT2D eigenvalue weighted by Crippen LogP contribution is -2.05. The average molecular weight is 351 g/mol. The van der Waals surface area contributed by atoms with Crippen LogP contribution in [-0.4, -0.2) is 13.7 Å². The Balaban J connectivity index is 2.72. The summed E-state index contributed by atoms with van der Waals surface area (Å²) in [6, 6.07) is 3.99. The summed E-state index contributed by atoms with van der Waals surface area (Å²) < 4.78 is 7.26. The maximum absolute atomic E-state index is 5.26. The lowest BCUT2D eigenvalue weighted by Gasteiger charge is -2.12. The molecule has 0 spiro atoms. The fourth-order valence-electron chi connectivity index (χ4n) is 1.32. The van der Waals surface area contributed by atoms with Crippen LogP contribution < -0.4 is 10.1 Å². The summed E-state index contributed by atoms with van der Waals surface area (Å²) in [5.41, 5.74) is 1.07. The van der Waals surface area contributed by atoms with E-state index in [0.717, 1.165) is 33.3 Å². The highest BCUT2D eigenvalue weighted by atomic mass is 79.9. The summed E-state index contributed by atoms with van der Waals surface area (Å²) in [5.74, 6) is 1.55. The van der Waals surface area contributed by atoms with Crippen LogP contribution in [0.25, 0.3) is 0 Å². The van der Waals surface area contributed by atoms with Gasteiger partial charge in [-0.1, -0.05) is 13.8 Å². The Labute approximate surface area is 114 Å². The third-order valence-electron chi connectivity index (χ3n) is 2.28. The first kappa shape index (κ1) is 13.8. The van der Waals surface area contributed by atoms with Gasteiger partial charge in [-0.15, -0.1) is 0 Å². The summed E-state index contributed by atoms with van der Waals surface area (Å²) in [6.45, 7) is 5.42. The van der Waals surface area contributed by atoms with Crippen molar-refractivity contribution in [2.45, 2.75) is 20.3 Å². The molecular formula is C12H17Br2NO. The van der Waals surface area contributed by atoms with Crippen molar-refractivity contribution in [3.8, 4) is 5.75 Å². The van der Waals surface area contributed by atoms with E-state index in [4.69, 9.17) is 4.74 Å². The highest BCUT2D eigenvalue weighted by Crippen LogP contribution is 2.34. The molecule has 0 unspecified atom stereocenters. The normalized spacial score (nSPS) is 10.6. The molecule has 0 fully saturated rings. The van der Waals surface area contributed by atoms with Gasteiger partial charge in [0.2, 0.25) is 0 Å². The molecule has 0 saturated carbocycles. The zero-order chi connectivity index (χ0) is 12.1. The number of methoxy groups -OCH3 is 1. The van der Waals surface area contributed by atoms with E-state index in [1.165, 1.54) is 0 Å². The van der Waals surface area contributed by atoms with Gasteiger partial charge >= 0.3 is 0 Å². The molecule has 0 aromatic heterocycles. The number of anilines is 1. The van der Waals surface area contributed by atoms with Crippen molar-refractivity contribution in [2.75, 3.05) is 19.0 Å². The van der Waals surface area contributed by atoms with E-state index in [9.17, 15) is 0 Å². The number of halogens is 2. The monoisotopic (exact) mass is 349 g/mol. The van der Waals surface area contributed by atoms with E-state index in [2.05, 4.69) is 51.0 Å². The highest BCUT2D eigenvalue weighted by Gasteiger charge is 2.06. The molecule has 0 bridgehead atoms. The fourth-order valence-corrected chi connectivity index (χ4v) is 2.61. The van der Waals surface area contributed by atoms with E-state index >= 15 is 0 Å². The van der Waals surface area contributed by atoms with E-state index in [1.807, 2.05) is 12.1 Å². The van der Waals surface area contributed by atoms with Gasteiger partial charge in [-0.25, -0.2) is 0 Å². The molecule has 1 rings (SSSR count). The topological polar surface area (TPSA) is 21.3 Å². The van der Waals surface area contributed by atoms with E-state index in [0.29, 0.717) is 5.92 Å². The maximum Gasteiger partial charge on any atom is 0.135 e. The SMILES string of the molecule is COc1cc(NCCC(C)C)c(Br)cc1Br. The molecule has 1 aromatic carbocycles. The first-order chi connectivity index (χ1) is 7.54. The quantitative estimate of drug-likeness (QED) is 0.832. The predicted molar refractivity (Wildman–Crippen MR) is 76.3 cm³/mol. The van der Waals surface area contributed by atoms with Gasteiger partial charge in [-0.3, -0.25) is 0 Å². The molecule has 0 radical (unpaired) electrons. The molecule has 2 nitrogen and oxygen atoms in total. The Morgan fingerprint density at radius 3 is 2.50 bits per heavy atom. The van der Waals surface area contributed by atoms with Crippen molar-refractivity contribution in [1.29, 1.82) is 0 Å².